The van der Waals surface area contributed by atoms with Gasteiger partial charge in [-0.15, -0.1) is 0 Å². The average molecular weight is 175 g/mol. The van der Waals surface area contributed by atoms with Crippen LogP contribution in [-0.2, 0) is 0 Å². The minimum absolute atomic E-state index is 0.638. The summed E-state index contributed by atoms with van der Waals surface area (Å²) in [7, 11) is 0. The third-order valence-electron chi connectivity index (χ3n) is 1.89. The van der Waals surface area contributed by atoms with Crippen molar-refractivity contribution in [1.29, 1.82) is 0 Å². The van der Waals surface area contributed by atoms with Crippen molar-refractivity contribution < 1.29 is 0 Å². The lowest BCUT2D eigenvalue weighted by molar-refractivity contribution is 0.665. The van der Waals surface area contributed by atoms with Crippen molar-refractivity contribution in [2.75, 3.05) is 6.54 Å². The van der Waals surface area contributed by atoms with Crippen LogP contribution in [0.1, 0.15) is 26.3 Å². The molecule has 0 spiro atoms. The standard InChI is InChI=1S/C12H17N/c1-10(2)9-13-11(3)12-7-5-4-6-8-12/h4-8,10H,9H2,1-3H3. The van der Waals surface area contributed by atoms with Crippen LogP contribution in [0.25, 0.3) is 0 Å². The lowest BCUT2D eigenvalue weighted by atomic mass is 10.1. The van der Waals surface area contributed by atoms with Crippen LogP contribution < -0.4 is 0 Å². The summed E-state index contributed by atoms with van der Waals surface area (Å²) in [6.45, 7) is 7.35. The van der Waals surface area contributed by atoms with Gasteiger partial charge in [-0.2, -0.15) is 0 Å². The van der Waals surface area contributed by atoms with E-state index in [0.717, 1.165) is 12.3 Å². The van der Waals surface area contributed by atoms with Crippen LogP contribution in [0.2, 0.25) is 0 Å². The maximum Gasteiger partial charge on any atom is 0.0415 e. The number of hydrogen-bond donors (Lipinski definition) is 0. The third-order valence-corrected chi connectivity index (χ3v) is 1.89. The summed E-state index contributed by atoms with van der Waals surface area (Å²) in [5.74, 6) is 0.638. The quantitative estimate of drug-likeness (QED) is 0.626. The summed E-state index contributed by atoms with van der Waals surface area (Å²) in [4.78, 5) is 4.51. The van der Waals surface area contributed by atoms with Crippen LogP contribution in [0.3, 0.4) is 0 Å². The van der Waals surface area contributed by atoms with Crippen LogP contribution in [-0.4, -0.2) is 12.3 Å². The maximum atomic E-state index is 4.51. The Kier molecular flexibility index (Phi) is 3.69. The lowest BCUT2D eigenvalue weighted by Gasteiger charge is -2.02. The molecule has 70 valence electrons. The van der Waals surface area contributed by atoms with E-state index >= 15 is 0 Å². The van der Waals surface area contributed by atoms with E-state index in [1.807, 2.05) is 18.2 Å². The fourth-order valence-electron chi connectivity index (χ4n) is 1.09. The van der Waals surface area contributed by atoms with Gasteiger partial charge in [-0.05, 0) is 18.4 Å². The third kappa shape index (κ3) is 3.41. The first-order valence-electron chi connectivity index (χ1n) is 4.76. The Bertz CT molecular complexity index is 272. The second kappa shape index (κ2) is 4.80. The Morgan fingerprint density at radius 2 is 1.85 bits per heavy atom. The monoisotopic (exact) mass is 175 g/mol. The molecule has 1 nitrogen and oxygen atoms in total. The highest BCUT2D eigenvalue weighted by Crippen LogP contribution is 2.02. The fraction of sp³-hybridized carbons (Fsp3) is 0.417. The average Bonchev–Trinajstić information content (AvgIpc) is 2.15. The lowest BCUT2D eigenvalue weighted by Crippen LogP contribution is -1.99. The molecule has 0 aliphatic carbocycles. The molecular formula is C12H17N. The first kappa shape index (κ1) is 9.97. The summed E-state index contributed by atoms with van der Waals surface area (Å²) in [5.41, 5.74) is 2.36. The van der Waals surface area contributed by atoms with Gasteiger partial charge >= 0.3 is 0 Å². The molecule has 0 atom stereocenters. The molecule has 1 heteroatoms. The van der Waals surface area contributed by atoms with E-state index in [1.54, 1.807) is 0 Å². The highest BCUT2D eigenvalue weighted by atomic mass is 14.7. The fourth-order valence-corrected chi connectivity index (χ4v) is 1.09. The number of nitrogens with zero attached hydrogens (tertiary/aromatic N) is 1. The normalized spacial score (nSPS) is 12.2. The molecule has 0 amide bonds. The maximum absolute atomic E-state index is 4.51. The Morgan fingerprint density at radius 1 is 1.23 bits per heavy atom. The van der Waals surface area contributed by atoms with E-state index < -0.39 is 0 Å². The summed E-state index contributed by atoms with van der Waals surface area (Å²) < 4.78 is 0. The van der Waals surface area contributed by atoms with Crippen molar-refractivity contribution in [2.45, 2.75) is 20.8 Å². The molecule has 0 N–H and O–H groups in total. The van der Waals surface area contributed by atoms with E-state index in [1.165, 1.54) is 5.56 Å². The first-order chi connectivity index (χ1) is 6.20. The summed E-state index contributed by atoms with van der Waals surface area (Å²) in [5, 5.41) is 0. The SMILES string of the molecule is CC(=NCC(C)C)c1ccccc1. The number of benzene rings is 1. The molecule has 0 aliphatic heterocycles. The second-order valence-electron chi connectivity index (χ2n) is 3.69. The van der Waals surface area contributed by atoms with Crippen LogP contribution in [0.4, 0.5) is 0 Å². The topological polar surface area (TPSA) is 12.4 Å². The predicted octanol–water partition coefficient (Wildman–Crippen LogP) is 3.15. The van der Waals surface area contributed by atoms with Gasteiger partial charge in [0.25, 0.3) is 0 Å². The van der Waals surface area contributed by atoms with Crippen LogP contribution in [0, 0.1) is 5.92 Å². The minimum Gasteiger partial charge on any atom is -0.289 e. The Hall–Kier alpha value is -1.11. The van der Waals surface area contributed by atoms with Crippen molar-refractivity contribution in [3.05, 3.63) is 35.9 Å². The van der Waals surface area contributed by atoms with Gasteiger partial charge in [0, 0.05) is 12.3 Å². The van der Waals surface area contributed by atoms with Crippen molar-refractivity contribution >= 4 is 5.71 Å². The van der Waals surface area contributed by atoms with Gasteiger partial charge in [-0.25, -0.2) is 0 Å². The van der Waals surface area contributed by atoms with Gasteiger partial charge in [0.15, 0.2) is 0 Å². The molecule has 0 aromatic heterocycles. The zero-order chi connectivity index (χ0) is 9.68. The Labute approximate surface area is 80.5 Å². The summed E-state index contributed by atoms with van der Waals surface area (Å²) >= 11 is 0. The minimum atomic E-state index is 0.638. The van der Waals surface area contributed by atoms with E-state index in [4.69, 9.17) is 0 Å². The summed E-state index contributed by atoms with van der Waals surface area (Å²) in [6.07, 6.45) is 0. The van der Waals surface area contributed by atoms with Crippen molar-refractivity contribution in [3.63, 3.8) is 0 Å². The Morgan fingerprint density at radius 3 is 2.38 bits per heavy atom. The largest absolute Gasteiger partial charge is 0.289 e. The van der Waals surface area contributed by atoms with Gasteiger partial charge in [-0.1, -0.05) is 44.2 Å². The van der Waals surface area contributed by atoms with Crippen LogP contribution in [0.5, 0.6) is 0 Å². The van der Waals surface area contributed by atoms with Gasteiger partial charge in [-0.3, -0.25) is 4.99 Å². The number of aliphatic imine (C=N–C) groups is 1. The molecule has 0 heterocycles. The van der Waals surface area contributed by atoms with E-state index in [2.05, 4.69) is 37.9 Å². The van der Waals surface area contributed by atoms with E-state index in [0.29, 0.717) is 5.92 Å². The molecule has 1 rings (SSSR count). The van der Waals surface area contributed by atoms with Crippen molar-refractivity contribution in [3.8, 4) is 0 Å². The molecule has 0 bridgehead atoms. The van der Waals surface area contributed by atoms with Crippen LogP contribution in [0.15, 0.2) is 35.3 Å². The number of hydrogen-bond acceptors (Lipinski definition) is 1. The predicted molar refractivity (Wildman–Crippen MR) is 58.4 cm³/mol. The second-order valence-corrected chi connectivity index (χ2v) is 3.69. The smallest absolute Gasteiger partial charge is 0.0415 e. The molecule has 0 saturated carbocycles. The molecule has 0 unspecified atom stereocenters. The van der Waals surface area contributed by atoms with Crippen molar-refractivity contribution in [1.82, 2.24) is 0 Å². The van der Waals surface area contributed by atoms with Gasteiger partial charge in [0.1, 0.15) is 0 Å². The van der Waals surface area contributed by atoms with Crippen molar-refractivity contribution in [2.24, 2.45) is 10.9 Å². The molecule has 0 fully saturated rings. The van der Waals surface area contributed by atoms with Crippen LogP contribution >= 0.6 is 0 Å². The Balaban J connectivity index is 2.68. The molecule has 0 radical (unpaired) electrons. The van der Waals surface area contributed by atoms with E-state index in [-0.39, 0.29) is 0 Å². The zero-order valence-corrected chi connectivity index (χ0v) is 8.62. The first-order valence-corrected chi connectivity index (χ1v) is 4.76. The molecular weight excluding hydrogens is 158 g/mol. The molecule has 0 saturated heterocycles. The highest BCUT2D eigenvalue weighted by Gasteiger charge is 1.95. The van der Waals surface area contributed by atoms with Gasteiger partial charge in [0.2, 0.25) is 0 Å². The molecule has 13 heavy (non-hydrogen) atoms. The molecule has 1 aromatic rings. The zero-order valence-electron chi connectivity index (χ0n) is 8.62. The summed E-state index contributed by atoms with van der Waals surface area (Å²) in [6, 6.07) is 10.3. The highest BCUT2D eigenvalue weighted by molar-refractivity contribution is 5.98. The molecule has 1 aromatic carbocycles. The van der Waals surface area contributed by atoms with E-state index in [9.17, 15) is 0 Å². The number of rotatable bonds is 3. The molecule has 0 aliphatic rings. The van der Waals surface area contributed by atoms with Gasteiger partial charge < -0.3 is 0 Å². The van der Waals surface area contributed by atoms with Gasteiger partial charge in [0.05, 0.1) is 0 Å².